The Labute approximate surface area is 263 Å². The summed E-state index contributed by atoms with van der Waals surface area (Å²) in [6.45, 7) is 12.1. The summed E-state index contributed by atoms with van der Waals surface area (Å²) in [4.78, 5) is 16.3. The fourth-order valence-electron chi connectivity index (χ4n) is 5.49. The Morgan fingerprint density at radius 1 is 1.05 bits per heavy atom. The van der Waals surface area contributed by atoms with E-state index in [9.17, 15) is 4.79 Å². The normalized spacial score (nSPS) is 17.6. The Morgan fingerprint density at radius 3 is 2.50 bits per heavy atom. The number of rotatable bonds is 16. The molecule has 0 bridgehead atoms. The SMILES string of the molecule is CCN(CC)C(=O)CO[C@@H]1CNCCC1c1ccc(OCCCOC)cc1.COCCCN1CCOc2ccc(CO)cc21. The van der Waals surface area contributed by atoms with Gasteiger partial charge in [-0.3, -0.25) is 4.79 Å². The quantitative estimate of drug-likeness (QED) is 0.273. The lowest BCUT2D eigenvalue weighted by Gasteiger charge is -2.33. The van der Waals surface area contributed by atoms with Crippen molar-refractivity contribution in [3.63, 3.8) is 0 Å². The molecule has 0 saturated carbocycles. The molecular formula is C34H53N3O7. The van der Waals surface area contributed by atoms with Crippen LogP contribution in [0.5, 0.6) is 11.5 Å². The number of benzene rings is 2. The molecule has 0 spiro atoms. The number of carbonyl (C=O) groups is 1. The predicted molar refractivity (Wildman–Crippen MR) is 173 cm³/mol. The zero-order valence-electron chi connectivity index (χ0n) is 27.1. The number of methoxy groups -OCH3 is 2. The average Bonchev–Trinajstić information content (AvgIpc) is 3.07. The number of carbonyl (C=O) groups excluding carboxylic acids is 1. The van der Waals surface area contributed by atoms with Gasteiger partial charge in [-0.05, 0) is 68.6 Å². The van der Waals surface area contributed by atoms with Crippen LogP contribution < -0.4 is 19.7 Å². The van der Waals surface area contributed by atoms with Crippen LogP contribution in [0.2, 0.25) is 0 Å². The van der Waals surface area contributed by atoms with Crippen LogP contribution in [0.4, 0.5) is 5.69 Å². The van der Waals surface area contributed by atoms with E-state index in [1.165, 1.54) is 5.56 Å². The average molecular weight is 616 g/mol. The molecule has 2 aromatic carbocycles. The van der Waals surface area contributed by atoms with Crippen molar-refractivity contribution >= 4 is 11.6 Å². The Balaban J connectivity index is 0.000000266. The summed E-state index contributed by atoms with van der Waals surface area (Å²) in [5.74, 6) is 2.13. The van der Waals surface area contributed by atoms with Gasteiger partial charge in [-0.25, -0.2) is 0 Å². The van der Waals surface area contributed by atoms with Crippen molar-refractivity contribution in [3.05, 3.63) is 53.6 Å². The third-order valence-corrected chi connectivity index (χ3v) is 7.98. The van der Waals surface area contributed by atoms with Gasteiger partial charge in [0.25, 0.3) is 0 Å². The van der Waals surface area contributed by atoms with Crippen molar-refractivity contribution in [3.8, 4) is 11.5 Å². The maximum absolute atomic E-state index is 12.2. The summed E-state index contributed by atoms with van der Waals surface area (Å²) in [6, 6.07) is 14.1. The minimum absolute atomic E-state index is 0.00623. The number of aliphatic hydroxyl groups is 1. The van der Waals surface area contributed by atoms with E-state index >= 15 is 0 Å². The number of hydrogen-bond donors (Lipinski definition) is 2. The van der Waals surface area contributed by atoms with Gasteiger partial charge < -0.3 is 43.9 Å². The van der Waals surface area contributed by atoms with Gasteiger partial charge in [0.1, 0.15) is 24.7 Å². The molecular weight excluding hydrogens is 562 g/mol. The number of likely N-dealkylation sites (N-methyl/N-ethyl adjacent to an activating group) is 1. The molecule has 1 saturated heterocycles. The number of ether oxygens (including phenoxy) is 5. The van der Waals surface area contributed by atoms with E-state index in [-0.39, 0.29) is 25.2 Å². The third kappa shape index (κ3) is 11.2. The molecule has 0 aromatic heterocycles. The molecule has 0 radical (unpaired) electrons. The van der Waals surface area contributed by atoms with Crippen LogP contribution in [-0.2, 0) is 25.6 Å². The summed E-state index contributed by atoms with van der Waals surface area (Å²) >= 11 is 0. The fourth-order valence-corrected chi connectivity index (χ4v) is 5.49. The maximum Gasteiger partial charge on any atom is 0.248 e. The standard InChI is InChI=1S/C21H34N2O4.C13H19NO3/c1-4-23(5-2)21(24)16-27-20-15-22-12-11-19(20)17-7-9-18(10-8-17)26-14-6-13-25-3;1-16-7-2-5-14-6-8-17-13-4-3-11(10-15)9-12(13)14/h7-10,19-20,22H,4-6,11-16H2,1-3H3;3-4,9,15H,2,5-8,10H2,1H3/t19?,20-;/m1./s1. The first-order valence-corrected chi connectivity index (χ1v) is 16.0. The van der Waals surface area contributed by atoms with E-state index in [0.29, 0.717) is 19.1 Å². The van der Waals surface area contributed by atoms with E-state index in [2.05, 4.69) is 22.3 Å². The molecule has 0 aliphatic carbocycles. The molecule has 4 rings (SSSR count). The van der Waals surface area contributed by atoms with Crippen molar-refractivity contribution in [2.24, 2.45) is 0 Å². The van der Waals surface area contributed by atoms with Crippen molar-refractivity contribution in [1.29, 1.82) is 0 Å². The number of nitrogens with zero attached hydrogens (tertiary/aromatic N) is 2. The molecule has 1 amide bonds. The van der Waals surface area contributed by atoms with Gasteiger partial charge in [-0.2, -0.15) is 0 Å². The monoisotopic (exact) mass is 615 g/mol. The predicted octanol–water partition coefficient (Wildman–Crippen LogP) is 3.85. The molecule has 2 atom stereocenters. The van der Waals surface area contributed by atoms with Crippen LogP contribution in [0, 0.1) is 0 Å². The fraction of sp³-hybridized carbons (Fsp3) is 0.618. The van der Waals surface area contributed by atoms with Crippen LogP contribution in [0.15, 0.2) is 42.5 Å². The Hall–Kier alpha value is -2.89. The highest BCUT2D eigenvalue weighted by Gasteiger charge is 2.28. The second-order valence-corrected chi connectivity index (χ2v) is 10.9. The highest BCUT2D eigenvalue weighted by molar-refractivity contribution is 5.77. The molecule has 2 aliphatic rings. The van der Waals surface area contributed by atoms with E-state index in [1.807, 2.05) is 44.2 Å². The summed E-state index contributed by atoms with van der Waals surface area (Å²) in [6.07, 6.45) is 2.88. The van der Waals surface area contributed by atoms with Crippen molar-refractivity contribution in [2.45, 2.75) is 51.7 Å². The first kappa shape index (κ1) is 35.6. The van der Waals surface area contributed by atoms with E-state index in [1.54, 1.807) is 19.1 Å². The number of fused-ring (bicyclic) bond motifs is 1. The first-order chi connectivity index (χ1) is 21.5. The van der Waals surface area contributed by atoms with Crippen LogP contribution in [0.25, 0.3) is 0 Å². The lowest BCUT2D eigenvalue weighted by molar-refractivity contribution is -0.138. The number of aliphatic hydroxyl groups excluding tert-OH is 1. The zero-order valence-corrected chi connectivity index (χ0v) is 27.1. The minimum atomic E-state index is 0.00623. The van der Waals surface area contributed by atoms with Crippen molar-refractivity contribution in [1.82, 2.24) is 10.2 Å². The highest BCUT2D eigenvalue weighted by atomic mass is 16.5. The number of hydrogen-bond acceptors (Lipinski definition) is 9. The topological polar surface area (TPSA) is 102 Å². The molecule has 2 aliphatic heterocycles. The van der Waals surface area contributed by atoms with Crippen molar-refractivity contribution < 1.29 is 33.6 Å². The molecule has 1 unspecified atom stereocenters. The van der Waals surface area contributed by atoms with Gasteiger partial charge in [-0.15, -0.1) is 0 Å². The molecule has 44 heavy (non-hydrogen) atoms. The van der Waals surface area contributed by atoms with Gasteiger partial charge >= 0.3 is 0 Å². The number of amides is 1. The zero-order chi connectivity index (χ0) is 31.6. The van der Waals surface area contributed by atoms with E-state index in [4.69, 9.17) is 28.8 Å². The van der Waals surface area contributed by atoms with Gasteiger partial charge in [0.05, 0.1) is 31.5 Å². The summed E-state index contributed by atoms with van der Waals surface area (Å²) in [7, 11) is 3.42. The van der Waals surface area contributed by atoms with Crippen LogP contribution >= 0.6 is 0 Å². The highest BCUT2D eigenvalue weighted by Crippen LogP contribution is 2.32. The molecule has 10 heteroatoms. The Bertz CT molecular complexity index is 1080. The minimum Gasteiger partial charge on any atom is -0.494 e. The second kappa shape index (κ2) is 20.2. The van der Waals surface area contributed by atoms with Crippen LogP contribution in [-0.4, -0.2) is 109 Å². The van der Waals surface area contributed by atoms with Gasteiger partial charge in [0.15, 0.2) is 0 Å². The second-order valence-electron chi connectivity index (χ2n) is 10.9. The Kier molecular flexibility index (Phi) is 16.3. The van der Waals surface area contributed by atoms with Crippen molar-refractivity contribution in [2.75, 3.05) is 91.4 Å². The third-order valence-electron chi connectivity index (χ3n) is 7.98. The lowest BCUT2D eigenvalue weighted by Crippen LogP contribution is -2.43. The molecule has 2 N–H and O–H groups in total. The summed E-state index contributed by atoms with van der Waals surface area (Å²) in [5, 5.41) is 12.5. The number of piperidine rings is 1. The molecule has 1 fully saturated rings. The molecule has 2 heterocycles. The van der Waals surface area contributed by atoms with Crippen LogP contribution in [0.3, 0.4) is 0 Å². The molecule has 2 aromatic rings. The van der Waals surface area contributed by atoms with E-state index in [0.717, 1.165) is 94.5 Å². The lowest BCUT2D eigenvalue weighted by atomic mass is 9.87. The number of nitrogens with one attached hydrogen (secondary N) is 1. The smallest absolute Gasteiger partial charge is 0.248 e. The largest absolute Gasteiger partial charge is 0.494 e. The van der Waals surface area contributed by atoms with Gasteiger partial charge in [0, 0.05) is 66.0 Å². The maximum atomic E-state index is 12.2. The Morgan fingerprint density at radius 2 is 1.80 bits per heavy atom. The van der Waals surface area contributed by atoms with Gasteiger partial charge in [0.2, 0.25) is 5.91 Å². The summed E-state index contributed by atoms with van der Waals surface area (Å²) < 4.78 is 27.5. The van der Waals surface area contributed by atoms with E-state index < -0.39 is 0 Å². The molecule has 246 valence electrons. The number of anilines is 1. The molecule has 10 nitrogen and oxygen atoms in total. The van der Waals surface area contributed by atoms with Gasteiger partial charge in [-0.1, -0.05) is 18.2 Å². The first-order valence-electron chi connectivity index (χ1n) is 16.0. The summed E-state index contributed by atoms with van der Waals surface area (Å²) in [5.41, 5.74) is 3.24. The van der Waals surface area contributed by atoms with Crippen LogP contribution in [0.1, 0.15) is 50.2 Å².